The molecule has 3 heteroatoms. The van der Waals surface area contributed by atoms with Gasteiger partial charge in [-0.1, -0.05) is 20.3 Å². The van der Waals surface area contributed by atoms with Gasteiger partial charge in [-0.3, -0.25) is 0 Å². The summed E-state index contributed by atoms with van der Waals surface area (Å²) in [5.74, 6) is 1.67. The van der Waals surface area contributed by atoms with E-state index in [1.165, 1.54) is 58.3 Å². The van der Waals surface area contributed by atoms with E-state index in [0.717, 1.165) is 17.9 Å². The van der Waals surface area contributed by atoms with Crippen LogP contribution in [0.2, 0.25) is 0 Å². The largest absolute Gasteiger partial charge is 0.327 e. The molecule has 4 atom stereocenters. The van der Waals surface area contributed by atoms with E-state index in [0.29, 0.717) is 6.04 Å². The maximum absolute atomic E-state index is 6.37. The molecule has 2 rings (SSSR count). The number of piperazine rings is 1. The predicted molar refractivity (Wildman–Crippen MR) is 82.2 cm³/mol. The minimum Gasteiger partial charge on any atom is -0.327 e. The minimum absolute atomic E-state index is 0.447. The third kappa shape index (κ3) is 3.93. The molecule has 2 aliphatic rings. The van der Waals surface area contributed by atoms with Gasteiger partial charge >= 0.3 is 0 Å². The van der Waals surface area contributed by atoms with Gasteiger partial charge in [-0.2, -0.15) is 0 Å². The molecule has 1 saturated carbocycles. The van der Waals surface area contributed by atoms with Crippen LogP contribution < -0.4 is 5.73 Å². The highest BCUT2D eigenvalue weighted by Gasteiger charge is 2.31. The summed E-state index contributed by atoms with van der Waals surface area (Å²) in [4.78, 5) is 5.20. The Bertz CT molecular complexity index is 269. The first-order chi connectivity index (χ1) is 9.13. The van der Waals surface area contributed by atoms with Crippen LogP contribution in [0.1, 0.15) is 46.0 Å². The lowest BCUT2D eigenvalue weighted by Gasteiger charge is -2.43. The summed E-state index contributed by atoms with van der Waals surface area (Å²) in [5, 5.41) is 0. The van der Waals surface area contributed by atoms with Crippen LogP contribution in [-0.2, 0) is 0 Å². The van der Waals surface area contributed by atoms with Crippen LogP contribution in [0.3, 0.4) is 0 Å². The molecule has 4 unspecified atom stereocenters. The SMILES string of the molecule is CCC1CCC(N)C(CN2CCN(C)C(CC)C2)C1. The highest BCUT2D eigenvalue weighted by molar-refractivity contribution is 4.87. The molecule has 0 amide bonds. The van der Waals surface area contributed by atoms with E-state index in [4.69, 9.17) is 5.73 Å². The first-order valence-electron chi connectivity index (χ1n) is 8.32. The Hall–Kier alpha value is -0.120. The van der Waals surface area contributed by atoms with Gasteiger partial charge in [0.25, 0.3) is 0 Å². The Labute approximate surface area is 119 Å². The first-order valence-corrected chi connectivity index (χ1v) is 8.32. The topological polar surface area (TPSA) is 32.5 Å². The van der Waals surface area contributed by atoms with E-state index in [2.05, 4.69) is 30.7 Å². The molecule has 3 nitrogen and oxygen atoms in total. The number of nitrogens with zero attached hydrogens (tertiary/aromatic N) is 2. The molecule has 2 fully saturated rings. The van der Waals surface area contributed by atoms with Crippen LogP contribution in [0, 0.1) is 11.8 Å². The van der Waals surface area contributed by atoms with Gasteiger partial charge in [0.1, 0.15) is 0 Å². The lowest BCUT2D eigenvalue weighted by atomic mass is 9.77. The van der Waals surface area contributed by atoms with E-state index < -0.39 is 0 Å². The molecule has 2 N–H and O–H groups in total. The number of rotatable bonds is 4. The van der Waals surface area contributed by atoms with Crippen LogP contribution in [-0.4, -0.2) is 55.1 Å². The fraction of sp³-hybridized carbons (Fsp3) is 1.00. The standard InChI is InChI=1S/C16H33N3/c1-4-13-6-7-16(17)14(10-13)11-19-9-8-18(3)15(5-2)12-19/h13-16H,4-12,17H2,1-3H3. The molecular weight excluding hydrogens is 234 g/mol. The normalized spacial score (nSPS) is 38.5. The van der Waals surface area contributed by atoms with E-state index in [9.17, 15) is 0 Å². The lowest BCUT2D eigenvalue weighted by molar-refractivity contribution is 0.0666. The molecule has 0 aromatic rings. The second kappa shape index (κ2) is 7.05. The Kier molecular flexibility index (Phi) is 5.67. The summed E-state index contributed by atoms with van der Waals surface area (Å²) in [5.41, 5.74) is 6.37. The Morgan fingerprint density at radius 1 is 1.11 bits per heavy atom. The number of likely N-dealkylation sites (N-methyl/N-ethyl adjacent to an activating group) is 1. The average molecular weight is 267 g/mol. The Morgan fingerprint density at radius 2 is 1.89 bits per heavy atom. The maximum Gasteiger partial charge on any atom is 0.0218 e. The molecule has 1 aliphatic heterocycles. The van der Waals surface area contributed by atoms with Crippen molar-refractivity contribution in [3.05, 3.63) is 0 Å². The zero-order chi connectivity index (χ0) is 13.8. The van der Waals surface area contributed by atoms with Crippen molar-refractivity contribution in [1.82, 2.24) is 9.80 Å². The Balaban J connectivity index is 1.85. The monoisotopic (exact) mass is 267 g/mol. The van der Waals surface area contributed by atoms with E-state index in [1.807, 2.05) is 0 Å². The van der Waals surface area contributed by atoms with Crippen molar-refractivity contribution in [3.63, 3.8) is 0 Å². The summed E-state index contributed by atoms with van der Waals surface area (Å²) in [6.07, 6.45) is 6.56. The fourth-order valence-electron chi connectivity index (χ4n) is 3.91. The Morgan fingerprint density at radius 3 is 2.58 bits per heavy atom. The number of nitrogens with two attached hydrogens (primary N) is 1. The van der Waals surface area contributed by atoms with Crippen molar-refractivity contribution < 1.29 is 0 Å². The van der Waals surface area contributed by atoms with Gasteiger partial charge in [0.2, 0.25) is 0 Å². The molecular formula is C16H33N3. The van der Waals surface area contributed by atoms with Gasteiger partial charge in [0.15, 0.2) is 0 Å². The minimum atomic E-state index is 0.447. The predicted octanol–water partition coefficient (Wildman–Crippen LogP) is 2.17. The molecule has 0 spiro atoms. The first kappa shape index (κ1) is 15.3. The zero-order valence-electron chi connectivity index (χ0n) is 13.1. The molecule has 0 radical (unpaired) electrons. The fourth-order valence-corrected chi connectivity index (χ4v) is 3.91. The summed E-state index contributed by atoms with van der Waals surface area (Å²) in [6.45, 7) is 9.57. The van der Waals surface area contributed by atoms with Crippen LogP contribution >= 0.6 is 0 Å². The summed E-state index contributed by atoms with van der Waals surface area (Å²) >= 11 is 0. The molecule has 0 aromatic heterocycles. The summed E-state index contributed by atoms with van der Waals surface area (Å²) in [7, 11) is 2.27. The van der Waals surface area contributed by atoms with Crippen molar-refractivity contribution in [2.24, 2.45) is 17.6 Å². The molecule has 0 bridgehead atoms. The third-order valence-electron chi connectivity index (χ3n) is 5.55. The van der Waals surface area contributed by atoms with Gasteiger partial charge in [0, 0.05) is 38.3 Å². The molecule has 19 heavy (non-hydrogen) atoms. The van der Waals surface area contributed by atoms with Crippen molar-refractivity contribution in [3.8, 4) is 0 Å². The molecule has 1 heterocycles. The van der Waals surface area contributed by atoms with E-state index in [-0.39, 0.29) is 0 Å². The van der Waals surface area contributed by atoms with Gasteiger partial charge < -0.3 is 15.5 Å². The van der Waals surface area contributed by atoms with Gasteiger partial charge in [0.05, 0.1) is 0 Å². The van der Waals surface area contributed by atoms with Gasteiger partial charge in [-0.15, -0.1) is 0 Å². The summed E-state index contributed by atoms with van der Waals surface area (Å²) < 4.78 is 0. The highest BCUT2D eigenvalue weighted by Crippen LogP contribution is 2.31. The van der Waals surface area contributed by atoms with Crippen LogP contribution in [0.15, 0.2) is 0 Å². The van der Waals surface area contributed by atoms with Crippen LogP contribution in [0.5, 0.6) is 0 Å². The van der Waals surface area contributed by atoms with E-state index in [1.54, 1.807) is 0 Å². The third-order valence-corrected chi connectivity index (χ3v) is 5.55. The van der Waals surface area contributed by atoms with E-state index >= 15 is 0 Å². The second-order valence-electron chi connectivity index (χ2n) is 6.81. The smallest absolute Gasteiger partial charge is 0.0218 e. The molecule has 1 aliphatic carbocycles. The van der Waals surface area contributed by atoms with Gasteiger partial charge in [-0.05, 0) is 44.6 Å². The van der Waals surface area contributed by atoms with Crippen molar-refractivity contribution in [2.45, 2.75) is 58.0 Å². The average Bonchev–Trinajstić information content (AvgIpc) is 2.43. The van der Waals surface area contributed by atoms with Gasteiger partial charge in [-0.25, -0.2) is 0 Å². The van der Waals surface area contributed by atoms with Crippen molar-refractivity contribution in [1.29, 1.82) is 0 Å². The molecule has 1 saturated heterocycles. The van der Waals surface area contributed by atoms with Crippen molar-refractivity contribution >= 4 is 0 Å². The maximum atomic E-state index is 6.37. The molecule has 112 valence electrons. The number of hydrogen-bond acceptors (Lipinski definition) is 3. The zero-order valence-corrected chi connectivity index (χ0v) is 13.1. The van der Waals surface area contributed by atoms with Crippen molar-refractivity contribution in [2.75, 3.05) is 33.2 Å². The van der Waals surface area contributed by atoms with Crippen LogP contribution in [0.4, 0.5) is 0 Å². The quantitative estimate of drug-likeness (QED) is 0.847. The lowest BCUT2D eigenvalue weighted by Crippen LogP contribution is -2.54. The molecule has 0 aromatic carbocycles. The second-order valence-corrected chi connectivity index (χ2v) is 6.81. The highest BCUT2D eigenvalue weighted by atomic mass is 15.3. The van der Waals surface area contributed by atoms with Crippen LogP contribution in [0.25, 0.3) is 0 Å². The number of hydrogen-bond donors (Lipinski definition) is 1. The summed E-state index contributed by atoms with van der Waals surface area (Å²) in [6, 6.07) is 1.19.